The molecule has 0 bridgehead atoms. The Kier molecular flexibility index (Phi) is 3.39. The number of rotatable bonds is 3. The fourth-order valence-electron chi connectivity index (χ4n) is 1.89. The lowest BCUT2D eigenvalue weighted by molar-refractivity contribution is -0.139. The zero-order valence-electron chi connectivity index (χ0n) is 10.0. The number of nitrogens with one attached hydrogen (secondary N) is 1. The highest BCUT2D eigenvalue weighted by molar-refractivity contribution is 6.35. The quantitative estimate of drug-likeness (QED) is 0.527. The third-order valence-corrected chi connectivity index (χ3v) is 3.17. The molecule has 0 spiro atoms. The van der Waals surface area contributed by atoms with Crippen LogP contribution >= 0.6 is 11.6 Å². The van der Waals surface area contributed by atoms with Gasteiger partial charge in [-0.1, -0.05) is 23.7 Å². The Balaban J connectivity index is 2.46. The number of aromatic amines is 1. The second-order valence-corrected chi connectivity index (χ2v) is 4.37. The number of carbonyl (C=O) groups excluding carboxylic acids is 2. The van der Waals surface area contributed by atoms with E-state index in [2.05, 4.69) is 9.72 Å². The smallest absolute Gasteiger partial charge is 0.313 e. The molecule has 1 aromatic carbocycles. The summed E-state index contributed by atoms with van der Waals surface area (Å²) in [5, 5.41) is 1.43. The number of methoxy groups -OCH3 is 1. The summed E-state index contributed by atoms with van der Waals surface area (Å²) < 4.78 is 4.48. The predicted molar refractivity (Wildman–Crippen MR) is 69.0 cm³/mol. The lowest BCUT2D eigenvalue weighted by Crippen LogP contribution is -2.10. The van der Waals surface area contributed by atoms with Crippen LogP contribution in [0.5, 0.6) is 0 Å². The standard InChI is InChI=1S/C13H12ClNO3/c1-7-8-4-3-5-9(14)13(8)15-12(7)10(16)6-11(17)18-2/h3-5,15H,6H2,1-2H3. The van der Waals surface area contributed by atoms with Gasteiger partial charge in [-0.2, -0.15) is 0 Å². The number of benzene rings is 1. The van der Waals surface area contributed by atoms with Gasteiger partial charge in [0.15, 0.2) is 5.78 Å². The number of halogens is 1. The molecule has 0 radical (unpaired) electrons. The average molecular weight is 266 g/mol. The van der Waals surface area contributed by atoms with Gasteiger partial charge >= 0.3 is 5.97 Å². The highest BCUT2D eigenvalue weighted by Crippen LogP contribution is 2.28. The van der Waals surface area contributed by atoms with Gasteiger partial charge in [0, 0.05) is 5.39 Å². The third-order valence-electron chi connectivity index (χ3n) is 2.85. The predicted octanol–water partition coefficient (Wildman–Crippen LogP) is 2.88. The summed E-state index contributed by atoms with van der Waals surface area (Å²) in [6.45, 7) is 1.82. The number of aryl methyl sites for hydroxylation is 1. The molecular weight excluding hydrogens is 254 g/mol. The van der Waals surface area contributed by atoms with E-state index in [0.29, 0.717) is 16.2 Å². The van der Waals surface area contributed by atoms with E-state index >= 15 is 0 Å². The molecule has 0 atom stereocenters. The summed E-state index contributed by atoms with van der Waals surface area (Å²) in [6, 6.07) is 5.44. The van der Waals surface area contributed by atoms with E-state index in [9.17, 15) is 9.59 Å². The normalized spacial score (nSPS) is 10.6. The number of hydrogen-bond acceptors (Lipinski definition) is 3. The van der Waals surface area contributed by atoms with Gasteiger partial charge in [0.05, 0.1) is 23.3 Å². The van der Waals surface area contributed by atoms with Crippen molar-refractivity contribution in [2.75, 3.05) is 7.11 Å². The first-order valence-corrected chi connectivity index (χ1v) is 5.79. The summed E-state index contributed by atoms with van der Waals surface area (Å²) in [5.74, 6) is -0.851. The van der Waals surface area contributed by atoms with Gasteiger partial charge < -0.3 is 9.72 Å². The maximum absolute atomic E-state index is 11.9. The molecule has 94 valence electrons. The number of H-pyrrole nitrogens is 1. The molecule has 0 aliphatic heterocycles. The Labute approximate surface area is 109 Å². The lowest BCUT2D eigenvalue weighted by Gasteiger charge is -1.98. The largest absolute Gasteiger partial charge is 0.469 e. The number of carbonyl (C=O) groups is 2. The summed E-state index contributed by atoms with van der Waals surface area (Å²) in [4.78, 5) is 26.0. The van der Waals surface area contributed by atoms with Gasteiger partial charge in [0.1, 0.15) is 6.42 Å². The second kappa shape index (κ2) is 4.82. The van der Waals surface area contributed by atoms with Crippen molar-refractivity contribution in [2.24, 2.45) is 0 Å². The Morgan fingerprint density at radius 1 is 1.39 bits per heavy atom. The van der Waals surface area contributed by atoms with E-state index in [1.807, 2.05) is 19.1 Å². The fraction of sp³-hybridized carbons (Fsp3) is 0.231. The summed E-state index contributed by atoms with van der Waals surface area (Å²) in [6.07, 6.45) is -0.276. The van der Waals surface area contributed by atoms with Crippen LogP contribution in [0.4, 0.5) is 0 Å². The number of aromatic nitrogens is 1. The molecule has 0 amide bonds. The summed E-state index contributed by atoms with van der Waals surface area (Å²) in [5.41, 5.74) is 1.91. The SMILES string of the molecule is COC(=O)CC(=O)c1[nH]c2c(Cl)cccc2c1C. The molecule has 5 heteroatoms. The van der Waals surface area contributed by atoms with E-state index in [1.54, 1.807) is 6.07 Å². The van der Waals surface area contributed by atoms with Crippen molar-refractivity contribution in [3.8, 4) is 0 Å². The Bertz CT molecular complexity index is 630. The fourth-order valence-corrected chi connectivity index (χ4v) is 2.11. The Morgan fingerprint density at radius 3 is 2.72 bits per heavy atom. The van der Waals surface area contributed by atoms with Crippen molar-refractivity contribution in [2.45, 2.75) is 13.3 Å². The molecule has 0 fully saturated rings. The van der Waals surface area contributed by atoms with Crippen LogP contribution in [0.25, 0.3) is 10.9 Å². The van der Waals surface area contributed by atoms with Crippen molar-refractivity contribution in [1.29, 1.82) is 0 Å². The number of fused-ring (bicyclic) bond motifs is 1. The molecule has 18 heavy (non-hydrogen) atoms. The van der Waals surface area contributed by atoms with Crippen LogP contribution in [0.3, 0.4) is 0 Å². The molecule has 0 aliphatic rings. The van der Waals surface area contributed by atoms with Crippen molar-refractivity contribution in [3.05, 3.63) is 34.5 Å². The van der Waals surface area contributed by atoms with Gasteiger partial charge in [-0.3, -0.25) is 9.59 Å². The number of esters is 1. The van der Waals surface area contributed by atoms with E-state index in [-0.39, 0.29) is 12.2 Å². The third kappa shape index (κ3) is 2.11. The minimum absolute atomic E-state index is 0.276. The highest BCUT2D eigenvalue weighted by atomic mass is 35.5. The molecule has 1 aromatic heterocycles. The van der Waals surface area contributed by atoms with Crippen LogP contribution in [0.1, 0.15) is 22.5 Å². The van der Waals surface area contributed by atoms with E-state index in [1.165, 1.54) is 7.11 Å². The number of Topliss-reactive ketones (excluding diaryl/α,β-unsaturated/α-hetero) is 1. The molecule has 1 heterocycles. The van der Waals surface area contributed by atoms with Crippen LogP contribution < -0.4 is 0 Å². The highest BCUT2D eigenvalue weighted by Gasteiger charge is 2.18. The Hall–Kier alpha value is -1.81. The first kappa shape index (κ1) is 12.6. The van der Waals surface area contributed by atoms with Crippen molar-refractivity contribution < 1.29 is 14.3 Å². The van der Waals surface area contributed by atoms with Gasteiger partial charge in [0.25, 0.3) is 0 Å². The molecule has 2 aromatic rings. The number of para-hydroxylation sites is 1. The van der Waals surface area contributed by atoms with Crippen molar-refractivity contribution in [1.82, 2.24) is 4.98 Å². The molecular formula is C13H12ClNO3. The van der Waals surface area contributed by atoms with E-state index in [0.717, 1.165) is 10.9 Å². The van der Waals surface area contributed by atoms with Gasteiger partial charge in [-0.05, 0) is 18.6 Å². The molecule has 0 unspecified atom stereocenters. The van der Waals surface area contributed by atoms with Crippen LogP contribution in [0.15, 0.2) is 18.2 Å². The number of ketones is 1. The van der Waals surface area contributed by atoms with Crippen LogP contribution in [0, 0.1) is 6.92 Å². The molecule has 1 N–H and O–H groups in total. The van der Waals surface area contributed by atoms with Crippen LogP contribution in [-0.2, 0) is 9.53 Å². The van der Waals surface area contributed by atoms with Crippen molar-refractivity contribution in [3.63, 3.8) is 0 Å². The molecule has 0 aliphatic carbocycles. The summed E-state index contributed by atoms with van der Waals surface area (Å²) >= 11 is 6.05. The van der Waals surface area contributed by atoms with Crippen molar-refractivity contribution >= 4 is 34.3 Å². The molecule has 0 saturated heterocycles. The topological polar surface area (TPSA) is 59.2 Å². The van der Waals surface area contributed by atoms with E-state index < -0.39 is 5.97 Å². The van der Waals surface area contributed by atoms with Crippen LogP contribution in [0.2, 0.25) is 5.02 Å². The first-order chi connectivity index (χ1) is 8.54. The van der Waals surface area contributed by atoms with Gasteiger partial charge in [-0.15, -0.1) is 0 Å². The first-order valence-electron chi connectivity index (χ1n) is 5.41. The lowest BCUT2D eigenvalue weighted by atomic mass is 10.1. The Morgan fingerprint density at radius 2 is 2.11 bits per heavy atom. The second-order valence-electron chi connectivity index (χ2n) is 3.96. The molecule has 4 nitrogen and oxygen atoms in total. The van der Waals surface area contributed by atoms with Crippen LogP contribution in [-0.4, -0.2) is 23.8 Å². The summed E-state index contributed by atoms with van der Waals surface area (Å²) in [7, 11) is 1.25. The minimum atomic E-state index is -0.552. The zero-order valence-corrected chi connectivity index (χ0v) is 10.8. The average Bonchev–Trinajstić information content (AvgIpc) is 2.69. The monoisotopic (exact) mass is 265 g/mol. The maximum Gasteiger partial charge on any atom is 0.313 e. The van der Waals surface area contributed by atoms with E-state index in [4.69, 9.17) is 11.6 Å². The maximum atomic E-state index is 11.9. The number of ether oxygens (including phenoxy) is 1. The molecule has 2 rings (SSSR count). The number of hydrogen-bond donors (Lipinski definition) is 1. The zero-order chi connectivity index (χ0) is 13.3. The minimum Gasteiger partial charge on any atom is -0.469 e. The molecule has 0 saturated carbocycles. The van der Waals surface area contributed by atoms with Gasteiger partial charge in [-0.25, -0.2) is 0 Å². The van der Waals surface area contributed by atoms with Gasteiger partial charge in [0.2, 0.25) is 0 Å².